The van der Waals surface area contributed by atoms with Crippen molar-refractivity contribution in [3.63, 3.8) is 0 Å². The highest BCUT2D eigenvalue weighted by molar-refractivity contribution is 6.29. The van der Waals surface area contributed by atoms with Gasteiger partial charge in [0.1, 0.15) is 28.3 Å². The van der Waals surface area contributed by atoms with Crippen LogP contribution in [0.2, 0.25) is 0 Å². The number of carbonyl (C=O) groups excluding carboxylic acids is 3. The molecule has 0 unspecified atom stereocenters. The molecule has 4 amide bonds. The third-order valence-electron chi connectivity index (χ3n) is 12.3. The second-order valence-corrected chi connectivity index (χ2v) is 16.6. The molecule has 0 spiro atoms. The van der Waals surface area contributed by atoms with Crippen LogP contribution in [-0.2, 0) is 35.0 Å². The van der Waals surface area contributed by atoms with Gasteiger partial charge in [0, 0.05) is 18.8 Å². The molecule has 7 aromatic rings. The number of nitrogens with one attached hydrogen (secondary N) is 2. The number of nitrogens with zero attached hydrogens (tertiary/aromatic N) is 1. The minimum absolute atomic E-state index is 0.164. The van der Waals surface area contributed by atoms with Crippen molar-refractivity contribution < 1.29 is 28.6 Å². The molecule has 2 aliphatic heterocycles. The lowest BCUT2D eigenvalue weighted by molar-refractivity contribution is -0.124. The molecule has 1 saturated heterocycles. The Balaban J connectivity index is 1.04. The first-order valence-electron chi connectivity index (χ1n) is 23.0. The molecule has 7 aromatic carbocycles. The average Bonchev–Trinajstić information content (AvgIpc) is 3.39. The molecule has 2 heterocycles. The number of carbonyl (C=O) groups is 3. The number of rotatable bonds is 17. The van der Waals surface area contributed by atoms with Gasteiger partial charge in [-0.05, 0) is 81.8 Å². The van der Waals surface area contributed by atoms with Gasteiger partial charge >= 0.3 is 6.03 Å². The number of ether oxygens (including phenoxy) is 3. The molecule has 0 atom stereocenters. The largest absolute Gasteiger partial charge is 0.462 e. The van der Waals surface area contributed by atoms with Crippen LogP contribution in [0.1, 0.15) is 45.9 Å². The summed E-state index contributed by atoms with van der Waals surface area (Å²) in [5.74, 6) is -0.624. The van der Waals surface area contributed by atoms with Crippen LogP contribution < -0.4 is 15.5 Å². The molecule has 0 aromatic heterocycles. The highest BCUT2D eigenvalue weighted by atomic mass is 16.5. The number of benzene rings is 7. The van der Waals surface area contributed by atoms with E-state index in [9.17, 15) is 14.4 Å². The first-order valence-corrected chi connectivity index (χ1v) is 23.0. The van der Waals surface area contributed by atoms with E-state index in [2.05, 4.69) is 173 Å². The van der Waals surface area contributed by atoms with Crippen LogP contribution in [0.4, 0.5) is 10.5 Å². The standard InChI is InChI=1S/C60H51N3O6/c1-44-42-46(55-56(64)61-58(66)62-57(55)65)43-54(69-44)37-34-45-32-35-53(36-33-45)63(38-40-67-59(47-20-8-2-9-21-47,48-22-10-3-11-23-48)49-24-12-4-13-25-49)39-41-68-60(50-26-14-5-15-27-50,51-28-16-6-17-29-51)52-30-18-7-19-31-52/h2-37,42-43H,38-41H2,1H3,(H2,61,62,64,65,66)/b37-34+. The van der Waals surface area contributed by atoms with E-state index >= 15 is 0 Å². The lowest BCUT2D eigenvalue weighted by Gasteiger charge is -2.38. The molecule has 9 nitrogen and oxygen atoms in total. The molecule has 342 valence electrons. The minimum atomic E-state index is -0.898. The zero-order chi connectivity index (χ0) is 47.5. The summed E-state index contributed by atoms with van der Waals surface area (Å²) in [6.45, 7) is 3.51. The van der Waals surface area contributed by atoms with Crippen molar-refractivity contribution >= 4 is 29.6 Å². The van der Waals surface area contributed by atoms with Crippen molar-refractivity contribution in [2.75, 3.05) is 31.2 Å². The van der Waals surface area contributed by atoms with Crippen LogP contribution in [0.25, 0.3) is 6.08 Å². The van der Waals surface area contributed by atoms with E-state index < -0.39 is 29.0 Å². The van der Waals surface area contributed by atoms with Crippen LogP contribution in [-0.4, -0.2) is 44.1 Å². The molecule has 69 heavy (non-hydrogen) atoms. The van der Waals surface area contributed by atoms with Crippen LogP contribution >= 0.6 is 0 Å². The van der Waals surface area contributed by atoms with Gasteiger partial charge in [0.25, 0.3) is 11.8 Å². The summed E-state index contributed by atoms with van der Waals surface area (Å²) in [7, 11) is 0. The monoisotopic (exact) mass is 909 g/mol. The van der Waals surface area contributed by atoms with Gasteiger partial charge in [0.05, 0.1) is 13.2 Å². The Bertz CT molecular complexity index is 2660. The highest BCUT2D eigenvalue weighted by Gasteiger charge is 2.39. The van der Waals surface area contributed by atoms with Gasteiger partial charge in [0.15, 0.2) is 0 Å². The lowest BCUT2D eigenvalue weighted by atomic mass is 9.80. The molecule has 2 aliphatic rings. The molecule has 0 saturated carbocycles. The second-order valence-electron chi connectivity index (χ2n) is 16.6. The average molecular weight is 910 g/mol. The molecule has 0 aliphatic carbocycles. The van der Waals surface area contributed by atoms with Crippen molar-refractivity contribution in [2.45, 2.75) is 18.1 Å². The number of amides is 4. The van der Waals surface area contributed by atoms with E-state index in [1.165, 1.54) is 0 Å². The summed E-state index contributed by atoms with van der Waals surface area (Å²) >= 11 is 0. The van der Waals surface area contributed by atoms with Crippen LogP contribution in [0.3, 0.4) is 0 Å². The van der Waals surface area contributed by atoms with Gasteiger partial charge in [-0.2, -0.15) is 0 Å². The third kappa shape index (κ3) is 10.0. The first-order chi connectivity index (χ1) is 33.8. The Morgan fingerprint density at radius 3 is 1.20 bits per heavy atom. The maximum absolute atomic E-state index is 12.6. The number of urea groups is 1. The third-order valence-corrected chi connectivity index (χ3v) is 12.3. The number of anilines is 1. The van der Waals surface area contributed by atoms with Gasteiger partial charge in [-0.1, -0.05) is 200 Å². The second kappa shape index (κ2) is 21.1. The highest BCUT2D eigenvalue weighted by Crippen LogP contribution is 2.42. The smallest absolute Gasteiger partial charge is 0.328 e. The Labute approximate surface area is 402 Å². The zero-order valence-electron chi connectivity index (χ0n) is 38.2. The van der Waals surface area contributed by atoms with Gasteiger partial charge in [0.2, 0.25) is 0 Å². The van der Waals surface area contributed by atoms with E-state index in [1.807, 2.05) is 54.6 Å². The van der Waals surface area contributed by atoms with Crippen molar-refractivity contribution in [3.8, 4) is 0 Å². The van der Waals surface area contributed by atoms with Crippen LogP contribution in [0, 0.1) is 0 Å². The normalized spacial score (nSPS) is 14.1. The Morgan fingerprint density at radius 1 is 0.478 bits per heavy atom. The predicted molar refractivity (Wildman–Crippen MR) is 270 cm³/mol. The van der Waals surface area contributed by atoms with Crippen molar-refractivity contribution in [2.24, 2.45) is 0 Å². The van der Waals surface area contributed by atoms with Gasteiger partial charge in [-0.3, -0.25) is 20.2 Å². The van der Waals surface area contributed by atoms with Gasteiger partial charge in [-0.25, -0.2) is 4.79 Å². The summed E-state index contributed by atoms with van der Waals surface area (Å²) in [5.41, 5.74) is 6.39. The molecule has 0 bridgehead atoms. The van der Waals surface area contributed by atoms with E-state index in [0.717, 1.165) is 44.6 Å². The minimum Gasteiger partial charge on any atom is -0.462 e. The Kier molecular flexibility index (Phi) is 14.0. The van der Waals surface area contributed by atoms with E-state index in [-0.39, 0.29) is 5.57 Å². The number of barbiturate groups is 1. The number of allylic oxidation sites excluding steroid dienone is 5. The van der Waals surface area contributed by atoms with Crippen LogP contribution in [0.5, 0.6) is 0 Å². The summed E-state index contributed by atoms with van der Waals surface area (Å²) in [6, 6.07) is 69.7. The molecule has 9 heteroatoms. The Morgan fingerprint density at radius 2 is 0.841 bits per heavy atom. The molecule has 0 radical (unpaired) electrons. The summed E-state index contributed by atoms with van der Waals surface area (Å²) in [6.07, 6.45) is 6.87. The summed E-state index contributed by atoms with van der Waals surface area (Å²) in [5, 5.41) is 4.28. The summed E-state index contributed by atoms with van der Waals surface area (Å²) < 4.78 is 20.6. The fraction of sp³-hybridized carbons (Fsp3) is 0.117. The number of hydrogen-bond donors (Lipinski definition) is 2. The van der Waals surface area contributed by atoms with Crippen molar-refractivity contribution in [1.82, 2.24) is 10.6 Å². The number of hydrogen-bond acceptors (Lipinski definition) is 7. The van der Waals surface area contributed by atoms with E-state index in [4.69, 9.17) is 14.2 Å². The van der Waals surface area contributed by atoms with Crippen LogP contribution in [0.15, 0.2) is 247 Å². The quantitative estimate of drug-likeness (QED) is 0.0532. The summed E-state index contributed by atoms with van der Waals surface area (Å²) in [4.78, 5) is 39.3. The van der Waals surface area contributed by atoms with E-state index in [1.54, 1.807) is 25.2 Å². The fourth-order valence-corrected chi connectivity index (χ4v) is 9.11. The maximum atomic E-state index is 12.6. The predicted octanol–water partition coefficient (Wildman–Crippen LogP) is 11.0. The molecule has 1 fully saturated rings. The van der Waals surface area contributed by atoms with E-state index in [0.29, 0.717) is 43.4 Å². The zero-order valence-corrected chi connectivity index (χ0v) is 38.2. The SMILES string of the molecule is CC1=CC(=C2C(=O)NC(=O)NC2=O)C=C(/C=C/c2ccc(N(CCOC(c3ccccc3)(c3ccccc3)c3ccccc3)CCOC(c3ccccc3)(c3ccccc3)c3ccccc3)cc2)O1. The molecular weight excluding hydrogens is 859 g/mol. The first kappa shape index (κ1) is 45.8. The molecule has 9 rings (SSSR count). The van der Waals surface area contributed by atoms with Crippen molar-refractivity contribution in [3.05, 3.63) is 286 Å². The molecular formula is C60H51N3O6. The van der Waals surface area contributed by atoms with Gasteiger partial charge < -0.3 is 19.1 Å². The topological polar surface area (TPSA) is 106 Å². The maximum Gasteiger partial charge on any atom is 0.328 e. The molecule has 2 N–H and O–H groups in total. The van der Waals surface area contributed by atoms with Gasteiger partial charge in [-0.15, -0.1) is 0 Å². The van der Waals surface area contributed by atoms with Crippen molar-refractivity contribution in [1.29, 1.82) is 0 Å². The number of imide groups is 2. The fourth-order valence-electron chi connectivity index (χ4n) is 9.11. The lowest BCUT2D eigenvalue weighted by Crippen LogP contribution is -2.51. The Hall–Kier alpha value is -8.37.